The van der Waals surface area contributed by atoms with Gasteiger partial charge in [-0.1, -0.05) is 201 Å². The van der Waals surface area contributed by atoms with Gasteiger partial charge in [-0.05, 0) is 167 Å². The topological polar surface area (TPSA) is 309 Å². The number of aromatic nitrogens is 8. The Kier molecular flexibility index (Phi) is 36.0. The fraction of sp³-hybridized carbons (Fsp3) is 0.469. The van der Waals surface area contributed by atoms with Gasteiger partial charge in [0.05, 0.1) is 34.1 Å². The second-order valence-corrected chi connectivity index (χ2v) is 35.0. The van der Waals surface area contributed by atoms with Crippen LogP contribution >= 0.6 is 0 Å². The van der Waals surface area contributed by atoms with Crippen molar-refractivity contribution in [3.05, 3.63) is 211 Å². The minimum atomic E-state index is -0.880. The second-order valence-electron chi connectivity index (χ2n) is 35.0. The van der Waals surface area contributed by atoms with E-state index in [-0.39, 0.29) is 51.9 Å². The first-order valence-corrected chi connectivity index (χ1v) is 41.6. The van der Waals surface area contributed by atoms with E-state index in [0.717, 1.165) is 45.0 Å². The molecule has 4 heterocycles. The Balaban J connectivity index is 0.000000289. The minimum absolute atomic E-state index is 0.00198. The summed E-state index contributed by atoms with van der Waals surface area (Å²) in [5.74, 6) is -0.461. The standard InChI is InChI=1S/C26H35N3O3.C25H33N3O3.C24H31N3O3.C23H29N3O3/c1-10-29-22(15-17(2)28-29)23(31-18(3)32-24(30)26(7,8)9)21(16-27)19-11-13-20(14-12-19)25(4,5)6;1-9-28-22(14-17(4)27-28)23(30-18(5)31-24(29)16(2)3)21(15-26)19-10-12-20(13-11-19)25(6,7)8;1-8-22(28)29-17(4)30-23(21-14-16(3)26-27(21)9-2)20(15-25)18-10-12-19(13-11-18)24(5,6)7;1-8-26-21(13-15(2)25-26)22(29-17(4)28-16(3)27)20(14-24)18-9-11-19(12-10-18)23(5,6)7/h11-15,18H,10H2,1-9H3;10-14,16,18H,9H2,1-8H3;10-14,17H,8-9H2,1-7H3;9-13,17H,8H2,1-7H3/b2*23-21-;23-20-;22-20-. The highest BCUT2D eigenvalue weighted by atomic mass is 16.7. The molecule has 122 heavy (non-hydrogen) atoms. The van der Waals surface area contributed by atoms with E-state index < -0.39 is 36.5 Å². The maximum atomic E-state index is 12.4. The van der Waals surface area contributed by atoms with Gasteiger partial charge in [-0.2, -0.15) is 41.4 Å². The summed E-state index contributed by atoms with van der Waals surface area (Å²) in [5, 5.41) is 58.1. The molecule has 24 heteroatoms. The van der Waals surface area contributed by atoms with Crippen LogP contribution in [0.25, 0.3) is 45.3 Å². The van der Waals surface area contributed by atoms with Crippen molar-refractivity contribution in [3.63, 3.8) is 0 Å². The van der Waals surface area contributed by atoms with E-state index in [1.54, 1.807) is 88.0 Å². The third-order valence-electron chi connectivity index (χ3n) is 18.9. The molecule has 4 aromatic carbocycles. The van der Waals surface area contributed by atoms with Gasteiger partial charge in [0.15, 0.2) is 23.0 Å². The highest BCUT2D eigenvalue weighted by Crippen LogP contribution is 2.38. The first-order valence-electron chi connectivity index (χ1n) is 41.6. The number of benzene rings is 4. The van der Waals surface area contributed by atoms with Crippen molar-refractivity contribution in [2.75, 3.05) is 0 Å². The molecule has 4 unspecified atom stereocenters. The van der Waals surface area contributed by atoms with Crippen molar-refractivity contribution in [2.45, 2.75) is 294 Å². The van der Waals surface area contributed by atoms with E-state index in [9.17, 15) is 40.2 Å². The number of hydrogen-bond donors (Lipinski definition) is 0. The number of carbonyl (C=O) groups excluding carboxylic acids is 4. The molecule has 0 amide bonds. The molecule has 0 aliphatic rings. The van der Waals surface area contributed by atoms with Gasteiger partial charge < -0.3 is 37.9 Å². The summed E-state index contributed by atoms with van der Waals surface area (Å²) in [5.41, 5.74) is 14.3. The third-order valence-corrected chi connectivity index (χ3v) is 18.9. The molecule has 0 aliphatic heterocycles. The third kappa shape index (κ3) is 28.4. The summed E-state index contributed by atoms with van der Waals surface area (Å²) >= 11 is 0. The summed E-state index contributed by atoms with van der Waals surface area (Å²) in [4.78, 5) is 47.4. The fourth-order valence-corrected chi connectivity index (χ4v) is 12.3. The predicted octanol–water partition coefficient (Wildman–Crippen LogP) is 21.4. The molecule has 0 saturated carbocycles. The lowest BCUT2D eigenvalue weighted by atomic mass is 9.86. The maximum absolute atomic E-state index is 12.4. The van der Waals surface area contributed by atoms with Gasteiger partial charge in [0, 0.05) is 67.2 Å². The summed E-state index contributed by atoms with van der Waals surface area (Å²) in [6.07, 6.45) is -3.18. The number of nitriles is 4. The maximum Gasteiger partial charge on any atom is 0.314 e. The second kappa shape index (κ2) is 43.8. The molecular weight excluding hydrogens is 1540 g/mol. The number of allylic oxidation sites excluding steroid dienone is 4. The van der Waals surface area contributed by atoms with Gasteiger partial charge in [-0.25, -0.2) is 0 Å². The Morgan fingerprint density at radius 1 is 0.344 bits per heavy atom. The number of esters is 4. The molecule has 0 bridgehead atoms. The Hall–Kier alpha value is -12.3. The van der Waals surface area contributed by atoms with Crippen LogP contribution in [-0.4, -0.2) is 88.2 Å². The van der Waals surface area contributed by atoms with Crippen molar-refractivity contribution < 1.29 is 57.1 Å². The van der Waals surface area contributed by atoms with E-state index in [2.05, 4.69) is 128 Å². The number of carbonyl (C=O) groups is 4. The minimum Gasteiger partial charge on any atom is -0.451 e. The monoisotopic (exact) mass is 1660 g/mol. The lowest BCUT2D eigenvalue weighted by Gasteiger charge is -2.23. The molecule has 4 atom stereocenters. The number of rotatable bonds is 26. The number of hydrogen-bond acceptors (Lipinski definition) is 20. The van der Waals surface area contributed by atoms with Crippen LogP contribution in [0.15, 0.2) is 121 Å². The molecule has 0 N–H and O–H groups in total. The SMILES string of the molecule is CCC(=O)OC(C)O/C(=C(/C#N)c1ccc(C(C)(C)C)cc1)c1cc(C)nn1CC.CCn1nc(C)cc1/C(OC(C)OC(=O)C(C)(C)C)=C(\C#N)c1ccc(C(C)(C)C)cc1.CCn1nc(C)cc1/C(OC(C)OC(=O)C(C)C)=C(\C#N)c1ccc(C(C)(C)C)cc1.CCn1nc(C)cc1/C(OC(C)OC(C)=O)=C(\C#N)c1ccc(C(C)(C)C)cc1. The van der Waals surface area contributed by atoms with Crippen molar-refractivity contribution in [2.24, 2.45) is 11.3 Å². The summed E-state index contributed by atoms with van der Waals surface area (Å²) in [6, 6.07) is 48.1. The average Bonchev–Trinajstić information content (AvgIpc) is 1.59. The summed E-state index contributed by atoms with van der Waals surface area (Å²) < 4.78 is 52.6. The Labute approximate surface area is 723 Å². The highest BCUT2D eigenvalue weighted by Gasteiger charge is 2.31. The zero-order chi connectivity index (χ0) is 91.9. The molecule has 0 radical (unpaired) electrons. The zero-order valence-electron chi connectivity index (χ0n) is 77.7. The van der Waals surface area contributed by atoms with Gasteiger partial charge in [-0.15, -0.1) is 0 Å². The van der Waals surface area contributed by atoms with Crippen LogP contribution in [0, 0.1) is 84.4 Å². The molecule has 0 fully saturated rings. The summed E-state index contributed by atoms with van der Waals surface area (Å²) in [7, 11) is 0. The van der Waals surface area contributed by atoms with Crippen LogP contribution in [0.5, 0.6) is 0 Å². The largest absolute Gasteiger partial charge is 0.451 e. The fourth-order valence-electron chi connectivity index (χ4n) is 12.3. The quantitative estimate of drug-likeness (QED) is 0.0160. The van der Waals surface area contributed by atoms with E-state index in [4.69, 9.17) is 37.9 Å². The first-order chi connectivity index (χ1) is 56.9. The smallest absolute Gasteiger partial charge is 0.314 e. The van der Waals surface area contributed by atoms with Gasteiger partial charge >= 0.3 is 23.9 Å². The van der Waals surface area contributed by atoms with Crippen molar-refractivity contribution in [3.8, 4) is 24.3 Å². The Morgan fingerprint density at radius 3 is 0.754 bits per heavy atom. The molecule has 24 nitrogen and oxygen atoms in total. The lowest BCUT2D eigenvalue weighted by molar-refractivity contribution is -0.174. The van der Waals surface area contributed by atoms with Crippen LogP contribution in [0.4, 0.5) is 0 Å². The average molecular weight is 1670 g/mol. The van der Waals surface area contributed by atoms with Gasteiger partial charge in [-0.3, -0.25) is 37.9 Å². The van der Waals surface area contributed by atoms with E-state index in [1.165, 1.54) is 29.2 Å². The molecular formula is C98H128N12O12. The Bertz CT molecular complexity index is 5210. The molecule has 4 aromatic heterocycles. The molecule has 8 aromatic rings. The zero-order valence-corrected chi connectivity index (χ0v) is 77.7. The van der Waals surface area contributed by atoms with Crippen LogP contribution < -0.4 is 0 Å². The molecule has 652 valence electrons. The van der Waals surface area contributed by atoms with Crippen molar-refractivity contribution in [1.29, 1.82) is 21.0 Å². The number of nitrogens with zero attached hydrogens (tertiary/aromatic N) is 12. The van der Waals surface area contributed by atoms with Crippen molar-refractivity contribution >= 4 is 69.2 Å². The summed E-state index contributed by atoms with van der Waals surface area (Å²) in [6.45, 7) is 62.1. The van der Waals surface area contributed by atoms with Crippen LogP contribution in [0.1, 0.15) is 283 Å². The van der Waals surface area contributed by atoms with Crippen LogP contribution in [0.3, 0.4) is 0 Å². The molecule has 0 spiro atoms. The molecule has 8 rings (SSSR count). The first kappa shape index (κ1) is 100. The van der Waals surface area contributed by atoms with E-state index in [0.29, 0.717) is 94.3 Å². The Morgan fingerprint density at radius 2 is 0.566 bits per heavy atom. The van der Waals surface area contributed by atoms with E-state index >= 15 is 0 Å². The molecule has 0 saturated heterocycles. The van der Waals surface area contributed by atoms with Crippen LogP contribution in [0.2, 0.25) is 0 Å². The van der Waals surface area contributed by atoms with Gasteiger partial charge in [0.2, 0.25) is 25.2 Å². The van der Waals surface area contributed by atoms with E-state index in [1.807, 2.05) is 177 Å². The normalized spacial score (nSPS) is 13.4. The van der Waals surface area contributed by atoms with Gasteiger partial charge in [0.1, 0.15) is 69.3 Å². The lowest BCUT2D eigenvalue weighted by Crippen LogP contribution is -2.28. The predicted molar refractivity (Wildman–Crippen MR) is 478 cm³/mol. The van der Waals surface area contributed by atoms with Gasteiger partial charge in [0.25, 0.3) is 0 Å². The van der Waals surface area contributed by atoms with Crippen LogP contribution in [-0.2, 0) is 105 Å². The number of ether oxygens (including phenoxy) is 8. The highest BCUT2D eigenvalue weighted by molar-refractivity contribution is 5.97. The van der Waals surface area contributed by atoms with Crippen molar-refractivity contribution in [1.82, 2.24) is 39.1 Å². The number of aryl methyl sites for hydroxylation is 8. The molecule has 0 aliphatic carbocycles.